The SMILES string of the molecule is O=C(CCc1ccc(F)cc1F)N1CCCC(O)C1. The first-order valence-corrected chi connectivity index (χ1v) is 6.46. The molecule has 0 bridgehead atoms. The average molecular weight is 269 g/mol. The summed E-state index contributed by atoms with van der Waals surface area (Å²) >= 11 is 0. The third-order valence-electron chi connectivity index (χ3n) is 3.37. The molecule has 1 aromatic carbocycles. The number of likely N-dealkylation sites (tertiary alicyclic amines) is 1. The van der Waals surface area contributed by atoms with E-state index in [1.54, 1.807) is 4.90 Å². The van der Waals surface area contributed by atoms with E-state index in [4.69, 9.17) is 0 Å². The maximum atomic E-state index is 13.4. The van der Waals surface area contributed by atoms with Crippen LogP contribution in [0.4, 0.5) is 8.78 Å². The smallest absolute Gasteiger partial charge is 0.222 e. The number of amides is 1. The van der Waals surface area contributed by atoms with Crippen molar-refractivity contribution in [3.05, 3.63) is 35.4 Å². The van der Waals surface area contributed by atoms with Crippen molar-refractivity contribution in [3.63, 3.8) is 0 Å². The largest absolute Gasteiger partial charge is 0.391 e. The second kappa shape index (κ2) is 6.10. The molecule has 1 saturated heterocycles. The molecule has 2 rings (SSSR count). The zero-order chi connectivity index (χ0) is 13.8. The van der Waals surface area contributed by atoms with Crippen LogP contribution in [-0.4, -0.2) is 35.1 Å². The summed E-state index contributed by atoms with van der Waals surface area (Å²) in [6, 6.07) is 3.38. The summed E-state index contributed by atoms with van der Waals surface area (Å²) in [5.41, 5.74) is 0.340. The fourth-order valence-electron chi connectivity index (χ4n) is 2.31. The maximum absolute atomic E-state index is 13.4. The number of halogens is 2. The van der Waals surface area contributed by atoms with Crippen molar-refractivity contribution in [3.8, 4) is 0 Å². The highest BCUT2D eigenvalue weighted by molar-refractivity contribution is 5.76. The van der Waals surface area contributed by atoms with Gasteiger partial charge in [-0.2, -0.15) is 0 Å². The summed E-state index contributed by atoms with van der Waals surface area (Å²) in [6.07, 6.45) is 1.47. The minimum Gasteiger partial charge on any atom is -0.391 e. The highest BCUT2D eigenvalue weighted by Crippen LogP contribution is 2.15. The molecule has 0 spiro atoms. The molecule has 1 N–H and O–H groups in total. The van der Waals surface area contributed by atoms with Gasteiger partial charge in [0.2, 0.25) is 5.91 Å². The van der Waals surface area contributed by atoms with Crippen molar-refractivity contribution in [2.24, 2.45) is 0 Å². The van der Waals surface area contributed by atoms with Crippen molar-refractivity contribution in [2.75, 3.05) is 13.1 Å². The van der Waals surface area contributed by atoms with Gasteiger partial charge >= 0.3 is 0 Å². The first kappa shape index (κ1) is 13.9. The number of β-amino-alcohol motifs (C(OH)–C–C–N with tert-alkyl or cyclic N) is 1. The summed E-state index contributed by atoms with van der Waals surface area (Å²) in [6.45, 7) is 0.993. The van der Waals surface area contributed by atoms with Crippen LogP contribution >= 0.6 is 0 Å². The Labute approximate surface area is 110 Å². The topological polar surface area (TPSA) is 40.5 Å². The molecule has 1 aliphatic heterocycles. The zero-order valence-corrected chi connectivity index (χ0v) is 10.6. The summed E-state index contributed by atoms with van der Waals surface area (Å²) in [7, 11) is 0. The lowest BCUT2D eigenvalue weighted by Crippen LogP contribution is -2.42. The van der Waals surface area contributed by atoms with Gasteiger partial charge in [-0.3, -0.25) is 4.79 Å². The van der Waals surface area contributed by atoms with Gasteiger partial charge in [-0.1, -0.05) is 6.07 Å². The van der Waals surface area contributed by atoms with Crippen LogP contribution in [0, 0.1) is 11.6 Å². The van der Waals surface area contributed by atoms with Gasteiger partial charge in [-0.25, -0.2) is 8.78 Å². The summed E-state index contributed by atoms with van der Waals surface area (Å²) < 4.78 is 26.1. The Balaban J connectivity index is 1.89. The zero-order valence-electron chi connectivity index (χ0n) is 10.6. The number of piperidine rings is 1. The Bertz CT molecular complexity index is 465. The molecule has 104 valence electrons. The molecule has 1 aliphatic rings. The summed E-state index contributed by atoms with van der Waals surface area (Å²) in [5, 5.41) is 9.49. The molecule has 19 heavy (non-hydrogen) atoms. The molecule has 1 heterocycles. The van der Waals surface area contributed by atoms with Crippen molar-refractivity contribution in [1.29, 1.82) is 0 Å². The molecule has 1 unspecified atom stereocenters. The number of rotatable bonds is 3. The second-order valence-corrected chi connectivity index (χ2v) is 4.87. The van der Waals surface area contributed by atoms with E-state index in [-0.39, 0.29) is 18.7 Å². The van der Waals surface area contributed by atoms with Gasteiger partial charge < -0.3 is 10.0 Å². The first-order valence-electron chi connectivity index (χ1n) is 6.46. The van der Waals surface area contributed by atoms with E-state index in [2.05, 4.69) is 0 Å². The maximum Gasteiger partial charge on any atom is 0.222 e. The normalized spacial score (nSPS) is 19.5. The molecule has 0 radical (unpaired) electrons. The number of hydrogen-bond acceptors (Lipinski definition) is 2. The molecule has 0 aromatic heterocycles. The van der Waals surface area contributed by atoms with E-state index in [0.29, 0.717) is 18.7 Å². The van der Waals surface area contributed by atoms with E-state index >= 15 is 0 Å². The fraction of sp³-hybridized carbons (Fsp3) is 0.500. The fourth-order valence-corrected chi connectivity index (χ4v) is 2.31. The lowest BCUT2D eigenvalue weighted by Gasteiger charge is -2.30. The number of aliphatic hydroxyl groups is 1. The number of aryl methyl sites for hydroxylation is 1. The van der Waals surface area contributed by atoms with E-state index in [1.807, 2.05) is 0 Å². The average Bonchev–Trinajstić information content (AvgIpc) is 2.37. The Morgan fingerprint density at radius 1 is 1.42 bits per heavy atom. The van der Waals surface area contributed by atoms with Crippen molar-refractivity contribution in [1.82, 2.24) is 4.90 Å². The van der Waals surface area contributed by atoms with Crippen LogP contribution in [0.3, 0.4) is 0 Å². The summed E-state index contributed by atoms with van der Waals surface area (Å²) in [4.78, 5) is 13.5. The van der Waals surface area contributed by atoms with Crippen molar-refractivity contribution >= 4 is 5.91 Å². The minimum atomic E-state index is -0.619. The molecule has 1 amide bonds. The molecule has 1 aromatic rings. The van der Waals surface area contributed by atoms with E-state index < -0.39 is 17.7 Å². The number of carbonyl (C=O) groups is 1. The van der Waals surface area contributed by atoms with Crippen LogP contribution in [0.1, 0.15) is 24.8 Å². The molecule has 0 saturated carbocycles. The minimum absolute atomic E-state index is 0.0949. The first-order chi connectivity index (χ1) is 9.06. The van der Waals surface area contributed by atoms with Crippen LogP contribution < -0.4 is 0 Å². The predicted molar refractivity (Wildman–Crippen MR) is 66.5 cm³/mol. The van der Waals surface area contributed by atoms with Gasteiger partial charge in [0, 0.05) is 25.6 Å². The quantitative estimate of drug-likeness (QED) is 0.910. The molecule has 0 aliphatic carbocycles. The van der Waals surface area contributed by atoms with Gasteiger partial charge in [-0.15, -0.1) is 0 Å². The van der Waals surface area contributed by atoms with E-state index in [1.165, 1.54) is 12.1 Å². The van der Waals surface area contributed by atoms with Gasteiger partial charge in [-0.05, 0) is 30.9 Å². The van der Waals surface area contributed by atoms with Crippen molar-refractivity contribution < 1.29 is 18.7 Å². The molecular weight excluding hydrogens is 252 g/mol. The molecule has 1 fully saturated rings. The Hall–Kier alpha value is -1.49. The van der Waals surface area contributed by atoms with E-state index in [9.17, 15) is 18.7 Å². The van der Waals surface area contributed by atoms with Crippen LogP contribution in [-0.2, 0) is 11.2 Å². The molecule has 1 atom stereocenters. The highest BCUT2D eigenvalue weighted by Gasteiger charge is 2.21. The lowest BCUT2D eigenvalue weighted by molar-refractivity contribution is -0.134. The van der Waals surface area contributed by atoms with Gasteiger partial charge in [0.25, 0.3) is 0 Å². The van der Waals surface area contributed by atoms with E-state index in [0.717, 1.165) is 18.9 Å². The van der Waals surface area contributed by atoms with Crippen LogP contribution in [0.5, 0.6) is 0 Å². The van der Waals surface area contributed by atoms with Gasteiger partial charge in [0.1, 0.15) is 11.6 Å². The predicted octanol–water partition coefficient (Wildman–Crippen LogP) is 1.88. The molecule has 5 heteroatoms. The number of aliphatic hydroxyl groups excluding tert-OH is 1. The van der Waals surface area contributed by atoms with Crippen LogP contribution in [0.25, 0.3) is 0 Å². The van der Waals surface area contributed by atoms with Crippen LogP contribution in [0.15, 0.2) is 18.2 Å². The lowest BCUT2D eigenvalue weighted by atomic mass is 10.1. The Morgan fingerprint density at radius 3 is 2.89 bits per heavy atom. The third kappa shape index (κ3) is 3.73. The highest BCUT2D eigenvalue weighted by atomic mass is 19.1. The number of nitrogens with zero attached hydrogens (tertiary/aromatic N) is 1. The molecular formula is C14H17F2NO2. The third-order valence-corrected chi connectivity index (χ3v) is 3.37. The number of hydrogen-bond donors (Lipinski definition) is 1. The van der Waals surface area contributed by atoms with Gasteiger partial charge in [0.15, 0.2) is 0 Å². The standard InChI is InChI=1S/C14H17F2NO2/c15-11-5-3-10(13(16)8-11)4-6-14(19)17-7-1-2-12(18)9-17/h3,5,8,12,18H,1-2,4,6-7,9H2. The molecule has 3 nitrogen and oxygen atoms in total. The van der Waals surface area contributed by atoms with Crippen molar-refractivity contribution in [2.45, 2.75) is 31.8 Å². The Kier molecular flexibility index (Phi) is 4.47. The monoisotopic (exact) mass is 269 g/mol. The summed E-state index contributed by atoms with van der Waals surface area (Å²) in [5.74, 6) is -1.33. The van der Waals surface area contributed by atoms with Gasteiger partial charge in [0.05, 0.1) is 6.10 Å². The van der Waals surface area contributed by atoms with Crippen LogP contribution in [0.2, 0.25) is 0 Å². The second-order valence-electron chi connectivity index (χ2n) is 4.87. The Morgan fingerprint density at radius 2 is 2.21 bits per heavy atom. The number of carbonyl (C=O) groups excluding carboxylic acids is 1. The number of benzene rings is 1.